The minimum absolute atomic E-state index is 0.0685. The molecule has 0 heterocycles. The smallest absolute Gasteiger partial charge is 0.182 e. The van der Waals surface area contributed by atoms with Crippen molar-refractivity contribution in [1.29, 1.82) is 0 Å². The molecule has 0 saturated carbocycles. The zero-order chi connectivity index (χ0) is 14.0. The van der Waals surface area contributed by atoms with Gasteiger partial charge in [0.15, 0.2) is 11.6 Å². The first-order valence-electron chi connectivity index (χ1n) is 5.29. The molecule has 0 unspecified atom stereocenters. The van der Waals surface area contributed by atoms with Gasteiger partial charge in [0.2, 0.25) is 0 Å². The SMILES string of the molecule is NC(=S)c1ccc(Nc2cccc(F)c2F)cc1F. The van der Waals surface area contributed by atoms with Crippen LogP contribution in [-0.2, 0) is 0 Å². The largest absolute Gasteiger partial charge is 0.389 e. The van der Waals surface area contributed by atoms with Gasteiger partial charge in [0, 0.05) is 11.3 Å². The number of benzene rings is 2. The fourth-order valence-electron chi connectivity index (χ4n) is 1.55. The predicted octanol–water partition coefficient (Wildman–Crippen LogP) is 3.48. The molecule has 2 aromatic rings. The summed E-state index contributed by atoms with van der Waals surface area (Å²) >= 11 is 4.67. The zero-order valence-corrected chi connectivity index (χ0v) is 10.4. The molecule has 0 aromatic heterocycles. The van der Waals surface area contributed by atoms with Crippen molar-refractivity contribution in [1.82, 2.24) is 0 Å². The van der Waals surface area contributed by atoms with Crippen molar-refractivity contribution in [2.75, 3.05) is 5.32 Å². The van der Waals surface area contributed by atoms with E-state index in [0.29, 0.717) is 0 Å². The van der Waals surface area contributed by atoms with Crippen LogP contribution >= 0.6 is 12.2 Å². The van der Waals surface area contributed by atoms with E-state index < -0.39 is 17.5 Å². The van der Waals surface area contributed by atoms with Crippen LogP contribution < -0.4 is 11.1 Å². The number of thiocarbonyl (C=S) groups is 1. The van der Waals surface area contributed by atoms with E-state index in [0.717, 1.165) is 12.1 Å². The normalized spacial score (nSPS) is 10.3. The Balaban J connectivity index is 2.32. The van der Waals surface area contributed by atoms with Gasteiger partial charge in [-0.1, -0.05) is 18.3 Å². The first-order chi connectivity index (χ1) is 8.99. The minimum Gasteiger partial charge on any atom is -0.389 e. The fourth-order valence-corrected chi connectivity index (χ4v) is 1.71. The van der Waals surface area contributed by atoms with Crippen molar-refractivity contribution >= 4 is 28.6 Å². The van der Waals surface area contributed by atoms with Gasteiger partial charge in [-0.2, -0.15) is 0 Å². The van der Waals surface area contributed by atoms with Crippen LogP contribution in [0.15, 0.2) is 36.4 Å². The lowest BCUT2D eigenvalue weighted by atomic mass is 10.2. The van der Waals surface area contributed by atoms with E-state index in [1.807, 2.05) is 0 Å². The maximum Gasteiger partial charge on any atom is 0.182 e. The van der Waals surface area contributed by atoms with Gasteiger partial charge in [0.1, 0.15) is 10.8 Å². The van der Waals surface area contributed by atoms with E-state index in [1.54, 1.807) is 0 Å². The lowest BCUT2D eigenvalue weighted by Crippen LogP contribution is -2.11. The summed E-state index contributed by atoms with van der Waals surface area (Å²) in [7, 11) is 0. The molecular weight excluding hydrogens is 273 g/mol. The van der Waals surface area contributed by atoms with Crippen molar-refractivity contribution in [2.45, 2.75) is 0 Å². The highest BCUT2D eigenvalue weighted by Crippen LogP contribution is 2.23. The maximum atomic E-state index is 13.6. The van der Waals surface area contributed by atoms with Crippen molar-refractivity contribution in [3.8, 4) is 0 Å². The molecule has 6 heteroatoms. The Morgan fingerprint density at radius 3 is 2.42 bits per heavy atom. The molecule has 2 rings (SSSR count). The van der Waals surface area contributed by atoms with Crippen LogP contribution in [0.5, 0.6) is 0 Å². The third-order valence-corrected chi connectivity index (χ3v) is 2.69. The van der Waals surface area contributed by atoms with Crippen LogP contribution in [0.2, 0.25) is 0 Å². The van der Waals surface area contributed by atoms with Crippen molar-refractivity contribution in [2.24, 2.45) is 5.73 Å². The average molecular weight is 282 g/mol. The predicted molar refractivity (Wildman–Crippen MR) is 71.9 cm³/mol. The van der Waals surface area contributed by atoms with Gasteiger partial charge in [-0.05, 0) is 30.3 Å². The van der Waals surface area contributed by atoms with E-state index in [4.69, 9.17) is 5.73 Å². The summed E-state index contributed by atoms with van der Waals surface area (Å²) in [5.74, 6) is -2.64. The number of rotatable bonds is 3. The highest BCUT2D eigenvalue weighted by molar-refractivity contribution is 7.80. The van der Waals surface area contributed by atoms with E-state index in [-0.39, 0.29) is 21.9 Å². The standard InChI is InChI=1S/C13H9F3N2S/c14-9-2-1-3-11(12(9)16)18-7-4-5-8(13(17)19)10(15)6-7/h1-6,18H,(H2,17,19). The Morgan fingerprint density at radius 1 is 1.05 bits per heavy atom. The second kappa shape index (κ2) is 5.27. The molecule has 0 aliphatic carbocycles. The van der Waals surface area contributed by atoms with Gasteiger partial charge in [-0.15, -0.1) is 0 Å². The third-order valence-electron chi connectivity index (χ3n) is 2.47. The van der Waals surface area contributed by atoms with Gasteiger partial charge in [0.05, 0.1) is 5.69 Å². The molecule has 2 nitrogen and oxygen atoms in total. The highest BCUT2D eigenvalue weighted by atomic mass is 32.1. The summed E-state index contributed by atoms with van der Waals surface area (Å²) in [4.78, 5) is -0.0685. The third kappa shape index (κ3) is 2.85. The fraction of sp³-hybridized carbons (Fsp3) is 0. The first kappa shape index (κ1) is 13.4. The number of nitrogens with one attached hydrogen (secondary N) is 1. The van der Waals surface area contributed by atoms with Crippen LogP contribution in [0.3, 0.4) is 0 Å². The molecule has 0 amide bonds. The van der Waals surface area contributed by atoms with Gasteiger partial charge in [-0.3, -0.25) is 0 Å². The second-order valence-electron chi connectivity index (χ2n) is 3.79. The van der Waals surface area contributed by atoms with Crippen LogP contribution in [0.1, 0.15) is 5.56 Å². The summed E-state index contributed by atoms with van der Waals surface area (Å²) in [6.07, 6.45) is 0. The van der Waals surface area contributed by atoms with Crippen LogP contribution in [0, 0.1) is 17.5 Å². The molecule has 0 atom stereocenters. The lowest BCUT2D eigenvalue weighted by Gasteiger charge is -2.09. The van der Waals surface area contributed by atoms with E-state index >= 15 is 0 Å². The molecule has 19 heavy (non-hydrogen) atoms. The Morgan fingerprint density at radius 2 is 1.79 bits per heavy atom. The Kier molecular flexibility index (Phi) is 3.71. The Labute approximate surface area is 113 Å². The molecule has 0 radical (unpaired) electrons. The van der Waals surface area contributed by atoms with Gasteiger partial charge in [0.25, 0.3) is 0 Å². The number of nitrogens with two attached hydrogens (primary N) is 1. The molecule has 0 fully saturated rings. The monoisotopic (exact) mass is 282 g/mol. The summed E-state index contributed by atoms with van der Waals surface area (Å²) in [5, 5.41) is 2.58. The van der Waals surface area contributed by atoms with Crippen LogP contribution in [0.25, 0.3) is 0 Å². The Hall–Kier alpha value is -2.08. The average Bonchev–Trinajstić information content (AvgIpc) is 2.34. The van der Waals surface area contributed by atoms with Crippen LogP contribution in [-0.4, -0.2) is 4.99 Å². The summed E-state index contributed by atoms with van der Waals surface area (Å²) in [6.45, 7) is 0. The topological polar surface area (TPSA) is 38.0 Å². The summed E-state index contributed by atoms with van der Waals surface area (Å²) in [6, 6.07) is 7.65. The molecule has 3 N–H and O–H groups in total. The quantitative estimate of drug-likeness (QED) is 0.846. The molecule has 0 aliphatic rings. The van der Waals surface area contributed by atoms with Gasteiger partial charge in [-0.25, -0.2) is 13.2 Å². The summed E-state index contributed by atoms with van der Waals surface area (Å²) in [5.41, 5.74) is 5.60. The highest BCUT2D eigenvalue weighted by Gasteiger charge is 2.10. The molecular formula is C13H9F3N2S. The second-order valence-corrected chi connectivity index (χ2v) is 4.23. The molecule has 0 saturated heterocycles. The van der Waals surface area contributed by atoms with Crippen molar-refractivity contribution in [3.05, 3.63) is 59.4 Å². The van der Waals surface area contributed by atoms with E-state index in [9.17, 15) is 13.2 Å². The molecule has 0 bridgehead atoms. The zero-order valence-electron chi connectivity index (χ0n) is 9.58. The van der Waals surface area contributed by atoms with Crippen LogP contribution in [0.4, 0.5) is 24.5 Å². The Bertz CT molecular complexity index is 644. The van der Waals surface area contributed by atoms with E-state index in [1.165, 1.54) is 24.3 Å². The molecule has 0 aliphatic heterocycles. The van der Waals surface area contributed by atoms with E-state index in [2.05, 4.69) is 17.5 Å². The molecule has 98 valence electrons. The number of halogens is 3. The minimum atomic E-state index is -1.03. The van der Waals surface area contributed by atoms with Gasteiger partial charge < -0.3 is 11.1 Å². The maximum absolute atomic E-state index is 13.6. The van der Waals surface area contributed by atoms with Crippen molar-refractivity contribution in [3.63, 3.8) is 0 Å². The first-order valence-corrected chi connectivity index (χ1v) is 5.70. The number of anilines is 2. The number of hydrogen-bond acceptors (Lipinski definition) is 2. The lowest BCUT2D eigenvalue weighted by molar-refractivity contribution is 0.512. The molecule has 0 spiro atoms. The summed E-state index contributed by atoms with van der Waals surface area (Å²) < 4.78 is 40.0. The number of hydrogen-bond donors (Lipinski definition) is 2. The van der Waals surface area contributed by atoms with Gasteiger partial charge >= 0.3 is 0 Å². The molecule has 2 aromatic carbocycles. The van der Waals surface area contributed by atoms with Crippen molar-refractivity contribution < 1.29 is 13.2 Å².